The number of hydrogen-bond donors (Lipinski definition) is 1. The highest BCUT2D eigenvalue weighted by atomic mass is 79.9. The Hall–Kier alpha value is 0.140. The Kier molecular flexibility index (Phi) is 5.36. The standard InChI is InChI=1S/C17H28BrNS/c1-11-10-14(20-16(11)18)15(19-5)12-6-8-13(9-7-12)17(2,3)4/h10,12-13,15,19H,6-9H2,1-5H3. The summed E-state index contributed by atoms with van der Waals surface area (Å²) in [6.07, 6.45) is 5.50. The number of thiophene rings is 1. The summed E-state index contributed by atoms with van der Waals surface area (Å²) >= 11 is 5.57. The molecule has 2 rings (SSSR count). The molecule has 114 valence electrons. The van der Waals surface area contributed by atoms with Gasteiger partial charge in [-0.15, -0.1) is 11.3 Å². The molecule has 20 heavy (non-hydrogen) atoms. The van der Waals surface area contributed by atoms with E-state index < -0.39 is 0 Å². The molecule has 1 nitrogen and oxygen atoms in total. The molecule has 1 aliphatic carbocycles. The first-order chi connectivity index (χ1) is 9.32. The smallest absolute Gasteiger partial charge is 0.0731 e. The number of aryl methyl sites for hydroxylation is 1. The summed E-state index contributed by atoms with van der Waals surface area (Å²) < 4.78 is 1.29. The maximum Gasteiger partial charge on any atom is 0.0731 e. The average molecular weight is 358 g/mol. The van der Waals surface area contributed by atoms with E-state index in [2.05, 4.69) is 62.1 Å². The summed E-state index contributed by atoms with van der Waals surface area (Å²) in [5.74, 6) is 1.69. The van der Waals surface area contributed by atoms with Gasteiger partial charge in [-0.3, -0.25) is 0 Å². The van der Waals surface area contributed by atoms with E-state index in [1.54, 1.807) is 0 Å². The monoisotopic (exact) mass is 357 g/mol. The van der Waals surface area contributed by atoms with Crippen LogP contribution in [0.2, 0.25) is 0 Å². The lowest BCUT2D eigenvalue weighted by Crippen LogP contribution is -2.31. The topological polar surface area (TPSA) is 12.0 Å². The van der Waals surface area contributed by atoms with Gasteiger partial charge in [-0.25, -0.2) is 0 Å². The van der Waals surface area contributed by atoms with Crippen LogP contribution in [0.4, 0.5) is 0 Å². The molecule has 1 saturated carbocycles. The van der Waals surface area contributed by atoms with Crippen molar-refractivity contribution in [3.63, 3.8) is 0 Å². The van der Waals surface area contributed by atoms with Gasteiger partial charge in [0.2, 0.25) is 0 Å². The van der Waals surface area contributed by atoms with Gasteiger partial charge in [0.05, 0.1) is 3.79 Å². The molecule has 1 fully saturated rings. The van der Waals surface area contributed by atoms with Crippen molar-refractivity contribution in [2.75, 3.05) is 7.05 Å². The molecule has 0 spiro atoms. The van der Waals surface area contributed by atoms with Crippen molar-refractivity contribution in [1.82, 2.24) is 5.32 Å². The fourth-order valence-corrected chi connectivity index (χ4v) is 5.34. The minimum absolute atomic E-state index is 0.475. The third kappa shape index (κ3) is 3.66. The van der Waals surface area contributed by atoms with Crippen LogP contribution in [0.15, 0.2) is 9.85 Å². The lowest BCUT2D eigenvalue weighted by molar-refractivity contribution is 0.135. The molecule has 1 unspecified atom stereocenters. The van der Waals surface area contributed by atoms with Gasteiger partial charge < -0.3 is 5.32 Å². The van der Waals surface area contributed by atoms with E-state index >= 15 is 0 Å². The summed E-state index contributed by atoms with van der Waals surface area (Å²) in [6.45, 7) is 9.38. The quantitative estimate of drug-likeness (QED) is 0.706. The first-order valence-electron chi connectivity index (χ1n) is 7.76. The number of hydrogen-bond acceptors (Lipinski definition) is 2. The van der Waals surface area contributed by atoms with E-state index in [1.165, 1.54) is 39.9 Å². The first kappa shape index (κ1) is 16.5. The zero-order valence-electron chi connectivity index (χ0n) is 13.4. The Morgan fingerprint density at radius 3 is 2.25 bits per heavy atom. The first-order valence-corrected chi connectivity index (χ1v) is 9.37. The van der Waals surface area contributed by atoms with E-state index in [-0.39, 0.29) is 0 Å². The molecule has 1 aromatic rings. The zero-order chi connectivity index (χ0) is 14.9. The third-order valence-corrected chi connectivity index (χ3v) is 7.18. The third-order valence-electron chi connectivity index (χ3n) is 4.96. The minimum Gasteiger partial charge on any atom is -0.312 e. The molecule has 0 radical (unpaired) electrons. The Morgan fingerprint density at radius 1 is 1.25 bits per heavy atom. The lowest BCUT2D eigenvalue weighted by Gasteiger charge is -2.39. The fraction of sp³-hybridized carbons (Fsp3) is 0.765. The van der Waals surface area contributed by atoms with Gasteiger partial charge in [-0.1, -0.05) is 20.8 Å². The predicted molar refractivity (Wildman–Crippen MR) is 93.5 cm³/mol. The van der Waals surface area contributed by atoms with Crippen molar-refractivity contribution >= 4 is 27.3 Å². The van der Waals surface area contributed by atoms with Crippen LogP contribution in [-0.4, -0.2) is 7.05 Å². The average Bonchev–Trinajstić information content (AvgIpc) is 2.70. The molecule has 0 amide bonds. The summed E-state index contributed by atoms with van der Waals surface area (Å²) in [7, 11) is 2.11. The van der Waals surface area contributed by atoms with E-state index in [1.807, 2.05) is 11.3 Å². The molecule has 1 aliphatic rings. The minimum atomic E-state index is 0.475. The summed E-state index contributed by atoms with van der Waals surface area (Å²) in [6, 6.07) is 2.89. The van der Waals surface area contributed by atoms with E-state index in [4.69, 9.17) is 0 Å². The Balaban J connectivity index is 2.04. The fourth-order valence-electron chi connectivity index (χ4n) is 3.57. The highest BCUT2D eigenvalue weighted by molar-refractivity contribution is 9.11. The SMILES string of the molecule is CNC(c1cc(C)c(Br)s1)C1CCC(C(C)(C)C)CC1. The summed E-state index contributed by atoms with van der Waals surface area (Å²) in [5, 5.41) is 3.57. The van der Waals surface area contributed by atoms with E-state index in [0.29, 0.717) is 11.5 Å². The lowest BCUT2D eigenvalue weighted by atomic mass is 9.68. The molecule has 1 N–H and O–H groups in total. The number of halogens is 1. The molecular formula is C17H28BrNS. The van der Waals surface area contributed by atoms with Gasteiger partial charge in [0.25, 0.3) is 0 Å². The normalized spacial score (nSPS) is 25.7. The second kappa shape index (κ2) is 6.50. The molecule has 1 heterocycles. The van der Waals surface area contributed by atoms with Crippen LogP contribution in [0.5, 0.6) is 0 Å². The molecule has 3 heteroatoms. The van der Waals surface area contributed by atoms with E-state index in [0.717, 1.165) is 11.8 Å². The van der Waals surface area contributed by atoms with Gasteiger partial charge in [0.15, 0.2) is 0 Å². The second-order valence-corrected chi connectivity index (χ2v) is 9.75. The van der Waals surface area contributed by atoms with Crippen LogP contribution in [0.1, 0.15) is 62.9 Å². The molecular weight excluding hydrogens is 330 g/mol. The van der Waals surface area contributed by atoms with Gasteiger partial charge in [-0.2, -0.15) is 0 Å². The van der Waals surface area contributed by atoms with Crippen molar-refractivity contribution in [3.05, 3.63) is 20.3 Å². The molecule has 1 aromatic heterocycles. The molecule has 0 bridgehead atoms. The summed E-state index contributed by atoms with van der Waals surface area (Å²) in [5.41, 5.74) is 1.84. The Bertz CT molecular complexity index is 419. The molecule has 0 aromatic carbocycles. The summed E-state index contributed by atoms with van der Waals surface area (Å²) in [4.78, 5) is 1.50. The van der Waals surface area contributed by atoms with Gasteiger partial charge >= 0.3 is 0 Å². The molecule has 0 aliphatic heterocycles. The second-order valence-electron chi connectivity index (χ2n) is 7.35. The van der Waals surface area contributed by atoms with E-state index in [9.17, 15) is 0 Å². The Morgan fingerprint density at radius 2 is 1.85 bits per heavy atom. The maximum absolute atomic E-state index is 3.66. The van der Waals surface area contributed by atoms with Crippen molar-refractivity contribution in [1.29, 1.82) is 0 Å². The molecule has 0 saturated heterocycles. The van der Waals surface area contributed by atoms with Crippen molar-refractivity contribution in [2.24, 2.45) is 17.3 Å². The van der Waals surface area contributed by atoms with Gasteiger partial charge in [0.1, 0.15) is 0 Å². The van der Waals surface area contributed by atoms with Gasteiger partial charge in [-0.05, 0) is 84.5 Å². The van der Waals surface area contributed by atoms with Crippen molar-refractivity contribution < 1.29 is 0 Å². The van der Waals surface area contributed by atoms with Crippen molar-refractivity contribution in [2.45, 2.75) is 59.4 Å². The van der Waals surface area contributed by atoms with Crippen molar-refractivity contribution in [3.8, 4) is 0 Å². The van der Waals surface area contributed by atoms with Crippen LogP contribution in [0.25, 0.3) is 0 Å². The largest absolute Gasteiger partial charge is 0.312 e. The highest BCUT2D eigenvalue weighted by Crippen LogP contribution is 2.45. The number of nitrogens with one attached hydrogen (secondary N) is 1. The molecule has 1 atom stereocenters. The maximum atomic E-state index is 3.66. The van der Waals surface area contributed by atoms with Gasteiger partial charge in [0, 0.05) is 10.9 Å². The highest BCUT2D eigenvalue weighted by Gasteiger charge is 2.33. The van der Waals surface area contributed by atoms with Crippen LogP contribution < -0.4 is 5.32 Å². The van der Waals surface area contributed by atoms with Crippen LogP contribution in [0, 0.1) is 24.2 Å². The Labute approximate surface area is 136 Å². The number of rotatable bonds is 3. The van der Waals surface area contributed by atoms with Crippen LogP contribution >= 0.6 is 27.3 Å². The van der Waals surface area contributed by atoms with Crippen LogP contribution in [0.3, 0.4) is 0 Å². The predicted octanol–water partition coefficient (Wildman–Crippen LogP) is 5.93. The zero-order valence-corrected chi connectivity index (χ0v) is 15.8. The van der Waals surface area contributed by atoms with Crippen LogP contribution in [-0.2, 0) is 0 Å².